The summed E-state index contributed by atoms with van der Waals surface area (Å²) in [5.74, 6) is 0.705. The van der Waals surface area contributed by atoms with Gasteiger partial charge in [0.1, 0.15) is 6.67 Å². The number of unbranched alkanes of at least 4 members (excludes halogenated alkanes) is 1. The highest BCUT2D eigenvalue weighted by Crippen LogP contribution is 2.14. The molecule has 6 heteroatoms. The number of aliphatic imine (C=N–C) groups is 2. The predicted octanol–water partition coefficient (Wildman–Crippen LogP) is 2.28. The van der Waals surface area contributed by atoms with Crippen LogP contribution in [0.2, 0.25) is 5.02 Å². The van der Waals surface area contributed by atoms with Crippen LogP contribution < -0.4 is 5.32 Å². The van der Waals surface area contributed by atoms with Crippen molar-refractivity contribution in [2.45, 2.75) is 26.3 Å². The minimum absolute atomic E-state index is 0.574. The first-order chi connectivity index (χ1) is 9.29. The van der Waals surface area contributed by atoms with Crippen molar-refractivity contribution >= 4 is 23.9 Å². The molecule has 0 saturated heterocycles. The van der Waals surface area contributed by atoms with E-state index in [0.717, 1.165) is 25.1 Å². The van der Waals surface area contributed by atoms with Gasteiger partial charge in [-0.25, -0.2) is 9.98 Å². The number of pyridine rings is 1. The number of hydrogen-bond donors (Lipinski definition) is 1. The topological polar surface area (TPSA) is 52.9 Å². The molecule has 0 atom stereocenters. The summed E-state index contributed by atoms with van der Waals surface area (Å²) in [4.78, 5) is 14.9. The van der Waals surface area contributed by atoms with Gasteiger partial charge in [-0.1, -0.05) is 24.9 Å². The monoisotopic (exact) mass is 279 g/mol. The van der Waals surface area contributed by atoms with Gasteiger partial charge in [-0.3, -0.25) is 4.98 Å². The van der Waals surface area contributed by atoms with Crippen molar-refractivity contribution in [3.8, 4) is 0 Å². The smallest absolute Gasteiger partial charge is 0.221 e. The van der Waals surface area contributed by atoms with Crippen molar-refractivity contribution < 1.29 is 0 Å². The van der Waals surface area contributed by atoms with Gasteiger partial charge in [0.25, 0.3) is 0 Å². The van der Waals surface area contributed by atoms with Crippen LogP contribution in [0, 0.1) is 0 Å². The summed E-state index contributed by atoms with van der Waals surface area (Å²) < 4.78 is 0. The molecule has 1 aliphatic rings. The van der Waals surface area contributed by atoms with E-state index in [-0.39, 0.29) is 0 Å². The maximum Gasteiger partial charge on any atom is 0.221 e. The molecule has 0 saturated carbocycles. The minimum Gasteiger partial charge on any atom is -0.354 e. The SMILES string of the molecule is CCCCNC1=NCN(Cc2ncccc2Cl)C=N1. The second-order valence-corrected chi connectivity index (χ2v) is 4.73. The number of hydrogen-bond acceptors (Lipinski definition) is 5. The molecule has 0 unspecified atom stereocenters. The zero-order valence-electron chi connectivity index (χ0n) is 11.0. The summed E-state index contributed by atoms with van der Waals surface area (Å²) in [6.45, 7) is 4.27. The second-order valence-electron chi connectivity index (χ2n) is 4.33. The molecule has 1 N–H and O–H groups in total. The fourth-order valence-electron chi connectivity index (χ4n) is 1.67. The molecule has 0 fully saturated rings. The maximum atomic E-state index is 6.07. The van der Waals surface area contributed by atoms with Gasteiger partial charge in [0.15, 0.2) is 0 Å². The third-order valence-electron chi connectivity index (χ3n) is 2.75. The van der Waals surface area contributed by atoms with Crippen LogP contribution in [0.5, 0.6) is 0 Å². The van der Waals surface area contributed by atoms with Gasteiger partial charge < -0.3 is 10.2 Å². The van der Waals surface area contributed by atoms with Crippen molar-refractivity contribution in [1.82, 2.24) is 15.2 Å². The average molecular weight is 280 g/mol. The van der Waals surface area contributed by atoms with E-state index in [4.69, 9.17) is 11.6 Å². The van der Waals surface area contributed by atoms with Gasteiger partial charge in [0.05, 0.1) is 23.6 Å². The number of nitrogens with one attached hydrogen (secondary N) is 1. The Kier molecular flexibility index (Phi) is 5.15. The average Bonchev–Trinajstić information content (AvgIpc) is 2.44. The van der Waals surface area contributed by atoms with Crippen molar-refractivity contribution in [3.05, 3.63) is 29.0 Å². The molecule has 2 rings (SSSR count). The first kappa shape index (κ1) is 13.8. The van der Waals surface area contributed by atoms with Gasteiger partial charge in [-0.2, -0.15) is 0 Å². The molecule has 1 aliphatic heterocycles. The van der Waals surface area contributed by atoms with Crippen LogP contribution in [0.4, 0.5) is 0 Å². The van der Waals surface area contributed by atoms with E-state index < -0.39 is 0 Å². The molecule has 0 aliphatic carbocycles. The molecule has 1 aromatic heterocycles. The number of aromatic nitrogens is 1. The van der Waals surface area contributed by atoms with E-state index in [1.54, 1.807) is 12.5 Å². The summed E-state index contributed by atoms with van der Waals surface area (Å²) in [7, 11) is 0. The molecule has 1 aromatic rings. The van der Waals surface area contributed by atoms with Gasteiger partial charge in [-0.05, 0) is 18.6 Å². The lowest BCUT2D eigenvalue weighted by molar-refractivity contribution is 0.427. The molecular weight excluding hydrogens is 262 g/mol. The Balaban J connectivity index is 1.84. The van der Waals surface area contributed by atoms with Crippen LogP contribution in [0.1, 0.15) is 25.5 Å². The third-order valence-corrected chi connectivity index (χ3v) is 3.09. The van der Waals surface area contributed by atoms with Crippen LogP contribution >= 0.6 is 11.6 Å². The molecular formula is C13H18ClN5. The molecule has 2 heterocycles. The Morgan fingerprint density at radius 1 is 1.47 bits per heavy atom. The van der Waals surface area contributed by atoms with E-state index >= 15 is 0 Å². The largest absolute Gasteiger partial charge is 0.354 e. The maximum absolute atomic E-state index is 6.07. The molecule has 19 heavy (non-hydrogen) atoms. The summed E-state index contributed by atoms with van der Waals surface area (Å²) in [6, 6.07) is 3.66. The fourth-order valence-corrected chi connectivity index (χ4v) is 1.85. The number of nitrogens with zero attached hydrogens (tertiary/aromatic N) is 4. The highest BCUT2D eigenvalue weighted by atomic mass is 35.5. The molecule has 0 aromatic carbocycles. The van der Waals surface area contributed by atoms with Crippen LogP contribution in [-0.4, -0.2) is 35.4 Å². The van der Waals surface area contributed by atoms with Crippen LogP contribution in [0.25, 0.3) is 0 Å². The Morgan fingerprint density at radius 2 is 2.37 bits per heavy atom. The fraction of sp³-hybridized carbons (Fsp3) is 0.462. The van der Waals surface area contributed by atoms with Gasteiger partial charge in [-0.15, -0.1) is 0 Å². The summed E-state index contributed by atoms with van der Waals surface area (Å²) in [5, 5.41) is 3.87. The first-order valence-electron chi connectivity index (χ1n) is 6.45. The van der Waals surface area contributed by atoms with Gasteiger partial charge in [0, 0.05) is 12.7 Å². The molecule has 0 radical (unpaired) electrons. The summed E-state index contributed by atoms with van der Waals surface area (Å²) >= 11 is 6.07. The van der Waals surface area contributed by atoms with E-state index in [1.165, 1.54) is 0 Å². The van der Waals surface area contributed by atoms with E-state index in [1.807, 2.05) is 17.0 Å². The van der Waals surface area contributed by atoms with E-state index in [0.29, 0.717) is 24.2 Å². The molecule has 5 nitrogen and oxygen atoms in total. The normalized spacial score (nSPS) is 14.4. The zero-order valence-corrected chi connectivity index (χ0v) is 11.8. The van der Waals surface area contributed by atoms with Crippen LogP contribution in [0.15, 0.2) is 28.3 Å². The standard InChI is InChI=1S/C13H18ClN5/c1-2-3-6-16-13-17-9-19(10-18-13)8-12-11(14)5-4-7-15-12/h4-5,7,9H,2-3,6,8,10H2,1H3,(H,16,18). The van der Waals surface area contributed by atoms with Crippen molar-refractivity contribution in [1.29, 1.82) is 0 Å². The minimum atomic E-state index is 0.574. The Labute approximate surface area is 118 Å². The number of rotatable bonds is 5. The lowest BCUT2D eigenvalue weighted by atomic mass is 10.3. The zero-order chi connectivity index (χ0) is 13.5. The Hall–Kier alpha value is -1.62. The third kappa shape index (κ3) is 4.21. The predicted molar refractivity (Wildman–Crippen MR) is 78.5 cm³/mol. The number of guanidine groups is 1. The van der Waals surface area contributed by atoms with Crippen molar-refractivity contribution in [2.24, 2.45) is 9.98 Å². The molecule has 0 amide bonds. The second kappa shape index (κ2) is 7.09. The summed E-state index contributed by atoms with van der Waals surface area (Å²) in [6.07, 6.45) is 5.81. The summed E-state index contributed by atoms with van der Waals surface area (Å²) in [5.41, 5.74) is 0.841. The highest BCUT2D eigenvalue weighted by Gasteiger charge is 2.09. The lowest BCUT2D eigenvalue weighted by Gasteiger charge is -2.21. The quantitative estimate of drug-likeness (QED) is 0.842. The Morgan fingerprint density at radius 3 is 3.05 bits per heavy atom. The number of halogens is 1. The van der Waals surface area contributed by atoms with Crippen LogP contribution in [0.3, 0.4) is 0 Å². The molecule has 0 spiro atoms. The molecule has 102 valence electrons. The highest BCUT2D eigenvalue weighted by molar-refractivity contribution is 6.31. The van der Waals surface area contributed by atoms with Crippen molar-refractivity contribution in [2.75, 3.05) is 13.2 Å². The van der Waals surface area contributed by atoms with Crippen molar-refractivity contribution in [3.63, 3.8) is 0 Å². The molecule has 0 bridgehead atoms. The lowest BCUT2D eigenvalue weighted by Crippen LogP contribution is -2.32. The van der Waals surface area contributed by atoms with Gasteiger partial charge >= 0.3 is 0 Å². The first-order valence-corrected chi connectivity index (χ1v) is 6.83. The van der Waals surface area contributed by atoms with Gasteiger partial charge in [0.2, 0.25) is 5.96 Å². The van der Waals surface area contributed by atoms with E-state index in [2.05, 4.69) is 27.2 Å². The van der Waals surface area contributed by atoms with Crippen LogP contribution in [-0.2, 0) is 6.54 Å². The Bertz CT molecular complexity index is 472. The van der Waals surface area contributed by atoms with E-state index in [9.17, 15) is 0 Å².